The molecule has 1 rings (SSSR count). The minimum absolute atomic E-state index is 0.0102. The molecule has 0 spiro atoms. The van der Waals surface area contributed by atoms with E-state index in [0.717, 1.165) is 0 Å². The van der Waals surface area contributed by atoms with Gasteiger partial charge in [-0.05, 0) is 6.92 Å². The lowest BCUT2D eigenvalue weighted by Crippen LogP contribution is -2.46. The highest BCUT2D eigenvalue weighted by molar-refractivity contribution is 5.94. The van der Waals surface area contributed by atoms with Gasteiger partial charge in [-0.1, -0.05) is 6.92 Å². The molecule has 1 saturated heterocycles. The van der Waals surface area contributed by atoms with Gasteiger partial charge in [-0.15, -0.1) is 0 Å². The number of carbonyl (C=O) groups is 3. The summed E-state index contributed by atoms with van der Waals surface area (Å²) < 4.78 is 10.3. The predicted molar refractivity (Wildman–Crippen MR) is 67.7 cm³/mol. The first-order chi connectivity index (χ1) is 9.00. The zero-order valence-electron chi connectivity index (χ0n) is 11.5. The van der Waals surface area contributed by atoms with E-state index in [1.807, 2.05) is 0 Å². The normalized spacial score (nSPS) is 19.9. The van der Waals surface area contributed by atoms with Crippen molar-refractivity contribution in [3.63, 3.8) is 0 Å². The van der Waals surface area contributed by atoms with E-state index in [-0.39, 0.29) is 36.5 Å². The highest BCUT2D eigenvalue weighted by Crippen LogP contribution is 2.14. The molecule has 1 atom stereocenters. The van der Waals surface area contributed by atoms with Gasteiger partial charge in [0, 0.05) is 18.9 Å². The summed E-state index contributed by atoms with van der Waals surface area (Å²) in [6, 6.07) is 0. The van der Waals surface area contributed by atoms with Crippen molar-refractivity contribution in [1.29, 1.82) is 0 Å². The number of hydrogen-bond donors (Lipinski definition) is 0. The van der Waals surface area contributed by atoms with Crippen LogP contribution < -0.4 is 0 Å². The van der Waals surface area contributed by atoms with Crippen molar-refractivity contribution >= 4 is 17.5 Å². The van der Waals surface area contributed by atoms with Gasteiger partial charge in [0.05, 0.1) is 26.4 Å². The first-order valence-corrected chi connectivity index (χ1v) is 6.46. The molecule has 0 aliphatic carbocycles. The Morgan fingerprint density at radius 3 is 2.63 bits per heavy atom. The topological polar surface area (TPSA) is 72.9 Å². The number of nitrogens with zero attached hydrogens (tertiary/aromatic N) is 1. The minimum Gasteiger partial charge on any atom is -0.377 e. The summed E-state index contributed by atoms with van der Waals surface area (Å²) in [5.41, 5.74) is 0. The standard InChI is InChI=1S/C13H21NO5/c1-10-7-12(16)8-14(13(10)17)3-4-18-5-6-19-9-11(2)15/h10H,3-9H2,1-2H3. The van der Waals surface area contributed by atoms with Gasteiger partial charge < -0.3 is 14.4 Å². The number of amides is 1. The Morgan fingerprint density at radius 2 is 1.95 bits per heavy atom. The summed E-state index contributed by atoms with van der Waals surface area (Å²) >= 11 is 0. The van der Waals surface area contributed by atoms with Crippen molar-refractivity contribution in [1.82, 2.24) is 4.90 Å². The molecule has 0 aromatic rings. The van der Waals surface area contributed by atoms with E-state index >= 15 is 0 Å². The molecular formula is C13H21NO5. The summed E-state index contributed by atoms with van der Waals surface area (Å²) in [6.07, 6.45) is 0.342. The Labute approximate surface area is 113 Å². The maximum Gasteiger partial charge on any atom is 0.226 e. The van der Waals surface area contributed by atoms with Gasteiger partial charge in [-0.2, -0.15) is 0 Å². The third-order valence-corrected chi connectivity index (χ3v) is 2.82. The first-order valence-electron chi connectivity index (χ1n) is 6.46. The summed E-state index contributed by atoms with van der Waals surface area (Å²) in [6.45, 7) is 5.02. The van der Waals surface area contributed by atoms with E-state index in [9.17, 15) is 14.4 Å². The molecule has 0 radical (unpaired) electrons. The SMILES string of the molecule is CC(=O)COCCOCCN1CC(=O)CC(C)C1=O. The predicted octanol–water partition coefficient (Wildman–Crippen LogP) is 0.0461. The van der Waals surface area contributed by atoms with Crippen LogP contribution in [0.1, 0.15) is 20.3 Å². The number of likely N-dealkylation sites (tertiary alicyclic amines) is 1. The Kier molecular flexibility index (Phi) is 6.66. The van der Waals surface area contributed by atoms with Crippen LogP contribution in [-0.4, -0.2) is 61.9 Å². The molecule has 6 nitrogen and oxygen atoms in total. The Balaban J connectivity index is 2.10. The molecule has 1 aliphatic rings. The van der Waals surface area contributed by atoms with Gasteiger partial charge >= 0.3 is 0 Å². The van der Waals surface area contributed by atoms with Crippen molar-refractivity contribution < 1.29 is 23.9 Å². The third kappa shape index (κ3) is 5.94. The van der Waals surface area contributed by atoms with Crippen LogP contribution in [0.15, 0.2) is 0 Å². The van der Waals surface area contributed by atoms with Crippen LogP contribution >= 0.6 is 0 Å². The number of ketones is 2. The summed E-state index contributed by atoms with van der Waals surface area (Å²) in [5.74, 6) is -0.139. The molecule has 0 aromatic heterocycles. The number of carbonyl (C=O) groups excluding carboxylic acids is 3. The lowest BCUT2D eigenvalue weighted by molar-refractivity contribution is -0.145. The molecule has 1 amide bonds. The van der Waals surface area contributed by atoms with E-state index in [1.165, 1.54) is 11.8 Å². The fourth-order valence-electron chi connectivity index (χ4n) is 1.90. The molecule has 108 valence electrons. The van der Waals surface area contributed by atoms with Crippen LogP contribution in [0.2, 0.25) is 0 Å². The molecule has 0 N–H and O–H groups in total. The van der Waals surface area contributed by atoms with Crippen LogP contribution in [0.25, 0.3) is 0 Å². The molecule has 1 heterocycles. The van der Waals surface area contributed by atoms with Crippen molar-refractivity contribution in [3.05, 3.63) is 0 Å². The Hall–Kier alpha value is -1.27. The lowest BCUT2D eigenvalue weighted by Gasteiger charge is -2.29. The van der Waals surface area contributed by atoms with E-state index in [0.29, 0.717) is 32.8 Å². The number of ether oxygens (including phenoxy) is 2. The maximum absolute atomic E-state index is 11.8. The highest BCUT2D eigenvalue weighted by atomic mass is 16.5. The second-order valence-electron chi connectivity index (χ2n) is 4.77. The quantitative estimate of drug-likeness (QED) is 0.583. The summed E-state index contributed by atoms with van der Waals surface area (Å²) in [5, 5.41) is 0. The molecule has 1 fully saturated rings. The molecule has 19 heavy (non-hydrogen) atoms. The zero-order valence-corrected chi connectivity index (χ0v) is 11.5. The fourth-order valence-corrected chi connectivity index (χ4v) is 1.90. The van der Waals surface area contributed by atoms with Gasteiger partial charge in [-0.3, -0.25) is 14.4 Å². The molecule has 0 bridgehead atoms. The zero-order chi connectivity index (χ0) is 14.3. The molecule has 0 saturated carbocycles. The monoisotopic (exact) mass is 271 g/mol. The van der Waals surface area contributed by atoms with Crippen LogP contribution in [0.3, 0.4) is 0 Å². The molecular weight excluding hydrogens is 250 g/mol. The Bertz CT molecular complexity index is 342. The van der Waals surface area contributed by atoms with Gasteiger partial charge in [0.2, 0.25) is 5.91 Å². The summed E-state index contributed by atoms with van der Waals surface area (Å²) in [7, 11) is 0. The van der Waals surface area contributed by atoms with Crippen LogP contribution in [-0.2, 0) is 23.9 Å². The lowest BCUT2D eigenvalue weighted by atomic mass is 9.98. The van der Waals surface area contributed by atoms with Gasteiger partial charge in [0.15, 0.2) is 11.6 Å². The molecule has 0 aromatic carbocycles. The third-order valence-electron chi connectivity index (χ3n) is 2.82. The van der Waals surface area contributed by atoms with Gasteiger partial charge in [-0.25, -0.2) is 0 Å². The molecule has 6 heteroatoms. The van der Waals surface area contributed by atoms with Crippen LogP contribution in [0.5, 0.6) is 0 Å². The van der Waals surface area contributed by atoms with Gasteiger partial charge in [0.25, 0.3) is 0 Å². The highest BCUT2D eigenvalue weighted by Gasteiger charge is 2.29. The van der Waals surface area contributed by atoms with Crippen LogP contribution in [0.4, 0.5) is 0 Å². The van der Waals surface area contributed by atoms with Gasteiger partial charge in [0.1, 0.15) is 6.61 Å². The van der Waals surface area contributed by atoms with E-state index in [1.54, 1.807) is 6.92 Å². The minimum atomic E-state index is -0.222. The van der Waals surface area contributed by atoms with E-state index in [2.05, 4.69) is 0 Å². The summed E-state index contributed by atoms with van der Waals surface area (Å²) in [4.78, 5) is 35.3. The number of rotatable bonds is 8. The molecule has 1 unspecified atom stereocenters. The first kappa shape index (κ1) is 15.8. The second-order valence-corrected chi connectivity index (χ2v) is 4.77. The molecule has 1 aliphatic heterocycles. The van der Waals surface area contributed by atoms with Crippen molar-refractivity contribution in [2.45, 2.75) is 20.3 Å². The average Bonchev–Trinajstić information content (AvgIpc) is 2.33. The number of piperidine rings is 1. The maximum atomic E-state index is 11.8. The Morgan fingerprint density at radius 1 is 1.26 bits per heavy atom. The van der Waals surface area contributed by atoms with Crippen LogP contribution in [0, 0.1) is 5.92 Å². The fraction of sp³-hybridized carbons (Fsp3) is 0.769. The van der Waals surface area contributed by atoms with E-state index in [4.69, 9.17) is 9.47 Å². The van der Waals surface area contributed by atoms with E-state index < -0.39 is 0 Å². The van der Waals surface area contributed by atoms with Crippen molar-refractivity contribution in [3.8, 4) is 0 Å². The van der Waals surface area contributed by atoms with Crippen molar-refractivity contribution in [2.75, 3.05) is 39.5 Å². The smallest absolute Gasteiger partial charge is 0.226 e. The second kappa shape index (κ2) is 8.01. The number of hydrogen-bond acceptors (Lipinski definition) is 5. The largest absolute Gasteiger partial charge is 0.377 e. The van der Waals surface area contributed by atoms with Crippen molar-refractivity contribution in [2.24, 2.45) is 5.92 Å². The average molecular weight is 271 g/mol. The number of Topliss-reactive ketones (excluding diaryl/α,β-unsaturated/α-hetero) is 2.